The van der Waals surface area contributed by atoms with E-state index in [2.05, 4.69) is 35.9 Å². The standard InChI is InChI=1S/C11H23N3/c1-5-11(6-7-12-2)10-14(4)9-8-13-3/h8-9,11-12H,3,5-7,10H2,1-2,4H3/b9-8-. The molecule has 1 unspecified atom stereocenters. The lowest BCUT2D eigenvalue weighted by Gasteiger charge is -2.21. The van der Waals surface area contributed by atoms with Gasteiger partial charge in [-0.15, -0.1) is 0 Å². The molecule has 3 heteroatoms. The van der Waals surface area contributed by atoms with E-state index in [9.17, 15) is 0 Å². The van der Waals surface area contributed by atoms with Gasteiger partial charge in [-0.1, -0.05) is 13.3 Å². The molecule has 82 valence electrons. The van der Waals surface area contributed by atoms with E-state index in [0.717, 1.165) is 19.0 Å². The van der Waals surface area contributed by atoms with Crippen molar-refractivity contribution in [2.45, 2.75) is 19.8 Å². The Bertz CT molecular complexity index is 166. The molecular weight excluding hydrogens is 174 g/mol. The summed E-state index contributed by atoms with van der Waals surface area (Å²) in [5.74, 6) is 0.752. The molecule has 0 radical (unpaired) electrons. The maximum absolute atomic E-state index is 3.69. The number of nitrogens with zero attached hydrogens (tertiary/aromatic N) is 2. The third-order valence-corrected chi connectivity index (χ3v) is 2.35. The smallest absolute Gasteiger partial charge is 0.0419 e. The monoisotopic (exact) mass is 197 g/mol. The molecule has 0 rings (SSSR count). The fraction of sp³-hybridized carbons (Fsp3) is 0.727. The molecule has 0 saturated carbocycles. The molecule has 1 N–H and O–H groups in total. The van der Waals surface area contributed by atoms with E-state index in [0.29, 0.717) is 0 Å². The molecular formula is C11H23N3. The van der Waals surface area contributed by atoms with E-state index in [1.807, 2.05) is 13.2 Å². The molecule has 0 aliphatic rings. The Morgan fingerprint density at radius 1 is 1.57 bits per heavy atom. The Hall–Kier alpha value is -0.830. The second kappa shape index (κ2) is 8.75. The summed E-state index contributed by atoms with van der Waals surface area (Å²) in [6, 6.07) is 0. The first-order valence-corrected chi connectivity index (χ1v) is 5.21. The molecule has 0 aliphatic carbocycles. The van der Waals surface area contributed by atoms with Crippen molar-refractivity contribution < 1.29 is 0 Å². The first kappa shape index (κ1) is 13.2. The van der Waals surface area contributed by atoms with Gasteiger partial charge < -0.3 is 10.2 Å². The van der Waals surface area contributed by atoms with Gasteiger partial charge in [-0.2, -0.15) is 0 Å². The molecule has 1 atom stereocenters. The van der Waals surface area contributed by atoms with E-state index in [1.165, 1.54) is 12.8 Å². The number of rotatable bonds is 8. The largest absolute Gasteiger partial charge is 0.379 e. The van der Waals surface area contributed by atoms with Crippen molar-refractivity contribution in [1.82, 2.24) is 10.2 Å². The van der Waals surface area contributed by atoms with E-state index < -0.39 is 0 Å². The summed E-state index contributed by atoms with van der Waals surface area (Å²) in [7, 11) is 4.07. The van der Waals surface area contributed by atoms with Crippen LogP contribution >= 0.6 is 0 Å². The lowest BCUT2D eigenvalue weighted by atomic mass is 10.0. The Balaban J connectivity index is 3.78. The van der Waals surface area contributed by atoms with Crippen LogP contribution in [0.3, 0.4) is 0 Å². The third-order valence-electron chi connectivity index (χ3n) is 2.35. The fourth-order valence-corrected chi connectivity index (χ4v) is 1.40. The van der Waals surface area contributed by atoms with Gasteiger partial charge >= 0.3 is 0 Å². The highest BCUT2D eigenvalue weighted by molar-refractivity contribution is 5.25. The van der Waals surface area contributed by atoms with Crippen LogP contribution in [0.4, 0.5) is 0 Å². The second-order valence-electron chi connectivity index (χ2n) is 3.59. The molecule has 0 aliphatic heterocycles. The number of aliphatic imine (C=N–C) groups is 1. The first-order chi connectivity index (χ1) is 6.74. The summed E-state index contributed by atoms with van der Waals surface area (Å²) in [6.07, 6.45) is 6.15. The predicted molar refractivity (Wildman–Crippen MR) is 63.6 cm³/mol. The van der Waals surface area contributed by atoms with Crippen LogP contribution < -0.4 is 5.32 Å². The zero-order valence-electron chi connectivity index (χ0n) is 9.66. The van der Waals surface area contributed by atoms with Crippen LogP contribution in [0, 0.1) is 5.92 Å². The Labute approximate surface area is 87.9 Å². The normalized spacial score (nSPS) is 13.1. The lowest BCUT2D eigenvalue weighted by Crippen LogP contribution is -2.23. The van der Waals surface area contributed by atoms with Gasteiger partial charge in [-0.05, 0) is 32.6 Å². The van der Waals surface area contributed by atoms with Crippen molar-refractivity contribution >= 4 is 6.72 Å². The fourth-order valence-electron chi connectivity index (χ4n) is 1.40. The summed E-state index contributed by atoms with van der Waals surface area (Å²) in [6.45, 7) is 7.83. The van der Waals surface area contributed by atoms with Crippen molar-refractivity contribution in [3.63, 3.8) is 0 Å². The number of hydrogen-bond acceptors (Lipinski definition) is 3. The average molecular weight is 197 g/mol. The van der Waals surface area contributed by atoms with Gasteiger partial charge in [0.1, 0.15) is 0 Å². The summed E-state index contributed by atoms with van der Waals surface area (Å²) in [5.41, 5.74) is 0. The molecule has 0 aromatic carbocycles. The molecule has 0 bridgehead atoms. The van der Waals surface area contributed by atoms with Gasteiger partial charge in [0.2, 0.25) is 0 Å². The Kier molecular flexibility index (Phi) is 8.24. The highest BCUT2D eigenvalue weighted by Crippen LogP contribution is 2.09. The average Bonchev–Trinajstić information content (AvgIpc) is 2.21. The van der Waals surface area contributed by atoms with Crippen LogP contribution in [-0.2, 0) is 0 Å². The van der Waals surface area contributed by atoms with E-state index in [4.69, 9.17) is 0 Å². The van der Waals surface area contributed by atoms with Gasteiger partial charge in [-0.3, -0.25) is 4.99 Å². The molecule has 0 amide bonds. The maximum Gasteiger partial charge on any atom is 0.0419 e. The van der Waals surface area contributed by atoms with Crippen LogP contribution in [0.1, 0.15) is 19.8 Å². The topological polar surface area (TPSA) is 27.6 Å². The minimum atomic E-state index is 0.752. The van der Waals surface area contributed by atoms with Crippen LogP contribution in [-0.4, -0.2) is 38.8 Å². The van der Waals surface area contributed by atoms with Crippen molar-refractivity contribution in [2.75, 3.05) is 27.2 Å². The minimum Gasteiger partial charge on any atom is -0.379 e. The van der Waals surface area contributed by atoms with Crippen molar-refractivity contribution in [3.8, 4) is 0 Å². The quantitative estimate of drug-likeness (QED) is 0.600. The zero-order chi connectivity index (χ0) is 10.8. The Morgan fingerprint density at radius 2 is 2.29 bits per heavy atom. The molecule has 0 spiro atoms. The van der Waals surface area contributed by atoms with Crippen LogP contribution in [0.5, 0.6) is 0 Å². The minimum absolute atomic E-state index is 0.752. The van der Waals surface area contributed by atoms with Crippen LogP contribution in [0.15, 0.2) is 17.4 Å². The molecule has 0 aromatic rings. The van der Waals surface area contributed by atoms with Crippen LogP contribution in [0.2, 0.25) is 0 Å². The van der Waals surface area contributed by atoms with Gasteiger partial charge in [-0.25, -0.2) is 0 Å². The van der Waals surface area contributed by atoms with Crippen molar-refractivity contribution in [2.24, 2.45) is 10.9 Å². The van der Waals surface area contributed by atoms with Crippen LogP contribution in [0.25, 0.3) is 0 Å². The molecule has 0 heterocycles. The van der Waals surface area contributed by atoms with Gasteiger partial charge in [0.15, 0.2) is 0 Å². The summed E-state index contributed by atoms with van der Waals surface area (Å²) >= 11 is 0. The maximum atomic E-state index is 3.69. The summed E-state index contributed by atoms with van der Waals surface area (Å²) in [4.78, 5) is 5.85. The van der Waals surface area contributed by atoms with Gasteiger partial charge in [0.25, 0.3) is 0 Å². The van der Waals surface area contributed by atoms with Crippen molar-refractivity contribution in [3.05, 3.63) is 12.4 Å². The lowest BCUT2D eigenvalue weighted by molar-refractivity contribution is 0.329. The van der Waals surface area contributed by atoms with Gasteiger partial charge in [0, 0.05) is 26.0 Å². The first-order valence-electron chi connectivity index (χ1n) is 5.21. The predicted octanol–water partition coefficient (Wildman–Crippen LogP) is 1.73. The highest BCUT2D eigenvalue weighted by atomic mass is 15.1. The molecule has 14 heavy (non-hydrogen) atoms. The summed E-state index contributed by atoms with van der Waals surface area (Å²) < 4.78 is 0. The third kappa shape index (κ3) is 6.66. The Morgan fingerprint density at radius 3 is 2.79 bits per heavy atom. The molecule has 0 aromatic heterocycles. The highest BCUT2D eigenvalue weighted by Gasteiger charge is 2.06. The van der Waals surface area contributed by atoms with E-state index in [-0.39, 0.29) is 0 Å². The van der Waals surface area contributed by atoms with E-state index in [1.54, 1.807) is 6.20 Å². The second-order valence-corrected chi connectivity index (χ2v) is 3.59. The SMILES string of the molecule is C=N/C=C\N(C)CC(CC)CCNC. The van der Waals surface area contributed by atoms with E-state index >= 15 is 0 Å². The van der Waals surface area contributed by atoms with Gasteiger partial charge in [0.05, 0.1) is 0 Å². The zero-order valence-corrected chi connectivity index (χ0v) is 9.66. The van der Waals surface area contributed by atoms with Crippen molar-refractivity contribution in [1.29, 1.82) is 0 Å². The number of hydrogen-bond donors (Lipinski definition) is 1. The molecule has 0 saturated heterocycles. The molecule has 0 fully saturated rings. The molecule has 3 nitrogen and oxygen atoms in total. The summed E-state index contributed by atoms with van der Waals surface area (Å²) in [5, 5.41) is 3.18. The number of nitrogens with one attached hydrogen (secondary N) is 1.